The standard InChI is InChI=1S/C18H15ClN4O4/c19-13-4-1-3-12(11-13)15-20-21-16(27-15)18(25)23-8-6-22(7-9-23)17(24)14-5-2-10-26-14/h1-5,10-11H,6-9H2. The molecular weight excluding hydrogens is 372 g/mol. The number of aromatic nitrogens is 2. The van der Waals surface area contributed by atoms with Crippen molar-refractivity contribution in [3.8, 4) is 11.5 Å². The van der Waals surface area contributed by atoms with Gasteiger partial charge in [0.1, 0.15) is 0 Å². The van der Waals surface area contributed by atoms with Gasteiger partial charge in [-0.15, -0.1) is 10.2 Å². The minimum Gasteiger partial charge on any atom is -0.459 e. The molecule has 0 spiro atoms. The Kier molecular flexibility index (Phi) is 4.64. The SMILES string of the molecule is O=C(c1ccco1)N1CCN(C(=O)c2nnc(-c3cccc(Cl)c3)o2)CC1. The average molecular weight is 387 g/mol. The Bertz CT molecular complexity index is 961. The number of carbonyl (C=O) groups is 2. The molecule has 27 heavy (non-hydrogen) atoms. The van der Waals surface area contributed by atoms with Gasteiger partial charge in [0.2, 0.25) is 5.89 Å². The van der Waals surface area contributed by atoms with Crippen molar-refractivity contribution in [2.24, 2.45) is 0 Å². The van der Waals surface area contributed by atoms with Crippen LogP contribution in [0.2, 0.25) is 5.02 Å². The number of carbonyl (C=O) groups excluding carboxylic acids is 2. The second-order valence-electron chi connectivity index (χ2n) is 5.98. The second kappa shape index (κ2) is 7.24. The predicted molar refractivity (Wildman–Crippen MR) is 95.3 cm³/mol. The highest BCUT2D eigenvalue weighted by atomic mass is 35.5. The summed E-state index contributed by atoms with van der Waals surface area (Å²) in [6.07, 6.45) is 1.46. The number of rotatable bonds is 3. The summed E-state index contributed by atoms with van der Waals surface area (Å²) in [5.74, 6) is -0.116. The maximum atomic E-state index is 12.6. The Labute approximate surface area is 159 Å². The van der Waals surface area contributed by atoms with E-state index in [1.807, 2.05) is 0 Å². The highest BCUT2D eigenvalue weighted by Crippen LogP contribution is 2.22. The third kappa shape index (κ3) is 3.56. The van der Waals surface area contributed by atoms with Crippen molar-refractivity contribution in [1.29, 1.82) is 0 Å². The number of hydrogen-bond donors (Lipinski definition) is 0. The summed E-state index contributed by atoms with van der Waals surface area (Å²) in [6, 6.07) is 10.2. The molecule has 0 radical (unpaired) electrons. The van der Waals surface area contributed by atoms with Gasteiger partial charge in [0.25, 0.3) is 5.91 Å². The van der Waals surface area contributed by atoms with E-state index < -0.39 is 0 Å². The fourth-order valence-corrected chi connectivity index (χ4v) is 3.04. The van der Waals surface area contributed by atoms with E-state index in [4.69, 9.17) is 20.4 Å². The Hall–Kier alpha value is -3.13. The van der Waals surface area contributed by atoms with Crippen LogP contribution in [0.5, 0.6) is 0 Å². The van der Waals surface area contributed by atoms with Gasteiger partial charge in [-0.3, -0.25) is 9.59 Å². The van der Waals surface area contributed by atoms with Crippen molar-refractivity contribution < 1.29 is 18.4 Å². The molecular formula is C18H15ClN4O4. The number of hydrogen-bond acceptors (Lipinski definition) is 6. The van der Waals surface area contributed by atoms with Crippen LogP contribution in [0.1, 0.15) is 21.2 Å². The quantitative estimate of drug-likeness (QED) is 0.686. The first kappa shape index (κ1) is 17.3. The summed E-state index contributed by atoms with van der Waals surface area (Å²) in [6.45, 7) is 1.56. The summed E-state index contributed by atoms with van der Waals surface area (Å²) in [4.78, 5) is 28.1. The van der Waals surface area contributed by atoms with E-state index in [0.717, 1.165) is 0 Å². The normalized spacial score (nSPS) is 14.4. The smallest absolute Gasteiger partial charge is 0.311 e. The van der Waals surface area contributed by atoms with Gasteiger partial charge in [0.15, 0.2) is 5.76 Å². The molecule has 0 N–H and O–H groups in total. The highest BCUT2D eigenvalue weighted by molar-refractivity contribution is 6.30. The highest BCUT2D eigenvalue weighted by Gasteiger charge is 2.29. The van der Waals surface area contributed by atoms with Gasteiger partial charge in [-0.1, -0.05) is 17.7 Å². The van der Waals surface area contributed by atoms with E-state index in [1.54, 1.807) is 46.2 Å². The van der Waals surface area contributed by atoms with Gasteiger partial charge in [-0.2, -0.15) is 0 Å². The average Bonchev–Trinajstić information content (AvgIpc) is 3.39. The van der Waals surface area contributed by atoms with E-state index in [0.29, 0.717) is 36.8 Å². The van der Waals surface area contributed by atoms with Gasteiger partial charge in [0.05, 0.1) is 6.26 Å². The zero-order chi connectivity index (χ0) is 18.8. The van der Waals surface area contributed by atoms with Gasteiger partial charge >= 0.3 is 11.8 Å². The van der Waals surface area contributed by atoms with Crippen molar-refractivity contribution in [3.05, 3.63) is 59.3 Å². The van der Waals surface area contributed by atoms with Gasteiger partial charge < -0.3 is 18.6 Å². The molecule has 4 rings (SSSR count). The molecule has 2 amide bonds. The molecule has 8 nitrogen and oxygen atoms in total. The van der Waals surface area contributed by atoms with Crippen LogP contribution < -0.4 is 0 Å². The summed E-state index contributed by atoms with van der Waals surface area (Å²) >= 11 is 5.96. The Morgan fingerprint density at radius 1 is 0.963 bits per heavy atom. The monoisotopic (exact) mass is 386 g/mol. The topological polar surface area (TPSA) is 92.7 Å². The largest absolute Gasteiger partial charge is 0.459 e. The van der Waals surface area contributed by atoms with Crippen molar-refractivity contribution >= 4 is 23.4 Å². The van der Waals surface area contributed by atoms with E-state index in [2.05, 4.69) is 10.2 Å². The van der Waals surface area contributed by atoms with Gasteiger partial charge in [-0.25, -0.2) is 0 Å². The zero-order valence-electron chi connectivity index (χ0n) is 14.2. The van der Waals surface area contributed by atoms with Crippen LogP contribution in [0.25, 0.3) is 11.5 Å². The Morgan fingerprint density at radius 3 is 2.37 bits per heavy atom. The molecule has 0 saturated carbocycles. The molecule has 0 aliphatic carbocycles. The van der Waals surface area contributed by atoms with E-state index >= 15 is 0 Å². The molecule has 138 valence electrons. The lowest BCUT2D eigenvalue weighted by Gasteiger charge is -2.33. The summed E-state index contributed by atoms with van der Waals surface area (Å²) in [5.41, 5.74) is 0.642. The minimum atomic E-state index is -0.360. The molecule has 1 aromatic carbocycles. The van der Waals surface area contributed by atoms with Crippen molar-refractivity contribution in [1.82, 2.24) is 20.0 Å². The van der Waals surface area contributed by atoms with Crippen LogP contribution in [0.4, 0.5) is 0 Å². The van der Waals surface area contributed by atoms with Gasteiger partial charge in [0, 0.05) is 36.8 Å². The molecule has 0 unspecified atom stereocenters. The van der Waals surface area contributed by atoms with Crippen LogP contribution >= 0.6 is 11.6 Å². The van der Waals surface area contributed by atoms with Crippen molar-refractivity contribution in [2.45, 2.75) is 0 Å². The fraction of sp³-hybridized carbons (Fsp3) is 0.222. The molecule has 0 bridgehead atoms. The van der Waals surface area contributed by atoms with Crippen LogP contribution in [0.15, 0.2) is 51.5 Å². The first-order valence-electron chi connectivity index (χ1n) is 8.33. The number of halogens is 1. The molecule has 2 aromatic heterocycles. The lowest BCUT2D eigenvalue weighted by atomic mass is 10.2. The lowest BCUT2D eigenvalue weighted by molar-refractivity contribution is 0.0498. The minimum absolute atomic E-state index is 0.0872. The first-order valence-corrected chi connectivity index (χ1v) is 8.71. The van der Waals surface area contributed by atoms with Crippen molar-refractivity contribution in [2.75, 3.05) is 26.2 Å². The number of benzene rings is 1. The zero-order valence-corrected chi connectivity index (χ0v) is 14.9. The number of furan rings is 1. The lowest BCUT2D eigenvalue weighted by Crippen LogP contribution is -2.50. The second-order valence-corrected chi connectivity index (χ2v) is 6.42. The summed E-state index contributed by atoms with van der Waals surface area (Å²) in [7, 11) is 0. The number of nitrogens with zero attached hydrogens (tertiary/aromatic N) is 4. The Balaban J connectivity index is 1.40. The molecule has 1 saturated heterocycles. The maximum Gasteiger partial charge on any atom is 0.311 e. The van der Waals surface area contributed by atoms with E-state index in [9.17, 15) is 9.59 Å². The number of amides is 2. The molecule has 1 fully saturated rings. The third-order valence-electron chi connectivity index (χ3n) is 4.27. The molecule has 3 heterocycles. The first-order chi connectivity index (χ1) is 13.1. The van der Waals surface area contributed by atoms with Crippen LogP contribution in [0, 0.1) is 0 Å². The van der Waals surface area contributed by atoms with Gasteiger partial charge in [-0.05, 0) is 30.3 Å². The van der Waals surface area contributed by atoms with E-state index in [-0.39, 0.29) is 29.4 Å². The molecule has 3 aromatic rings. The molecule has 9 heteroatoms. The molecule has 0 atom stereocenters. The predicted octanol–water partition coefficient (Wildman–Crippen LogP) is 2.58. The summed E-state index contributed by atoms with van der Waals surface area (Å²) in [5, 5.41) is 8.30. The maximum absolute atomic E-state index is 12.6. The Morgan fingerprint density at radius 2 is 1.70 bits per heavy atom. The summed E-state index contributed by atoms with van der Waals surface area (Å²) < 4.78 is 10.6. The number of piperazine rings is 1. The fourth-order valence-electron chi connectivity index (χ4n) is 2.85. The van der Waals surface area contributed by atoms with Crippen molar-refractivity contribution in [3.63, 3.8) is 0 Å². The van der Waals surface area contributed by atoms with Crippen LogP contribution in [-0.2, 0) is 0 Å². The third-order valence-corrected chi connectivity index (χ3v) is 4.50. The van der Waals surface area contributed by atoms with E-state index in [1.165, 1.54) is 6.26 Å². The molecule has 1 aliphatic rings. The van der Waals surface area contributed by atoms with Crippen LogP contribution in [0.3, 0.4) is 0 Å². The van der Waals surface area contributed by atoms with Crippen LogP contribution in [-0.4, -0.2) is 58.0 Å². The molecule has 1 aliphatic heterocycles.